The summed E-state index contributed by atoms with van der Waals surface area (Å²) in [4.78, 5) is 0. The fraction of sp³-hybridized carbons (Fsp3) is 0.571. The van der Waals surface area contributed by atoms with Crippen molar-refractivity contribution in [2.24, 2.45) is 17.6 Å². The molecule has 1 aliphatic rings. The minimum Gasteiger partial charge on any atom is -0.493 e. The Bertz CT molecular complexity index is 403. The molecule has 1 unspecified atom stereocenters. The smallest absolute Gasteiger partial charge is 0.125 e. The molecule has 0 spiro atoms. The minimum atomic E-state index is 0.488. The molecular formula is C14H20ClNO. The number of rotatable bonds is 4. The molecule has 1 aromatic rings. The molecule has 17 heavy (non-hydrogen) atoms. The number of hydrogen-bond donors (Lipinski definition) is 1. The van der Waals surface area contributed by atoms with Crippen LogP contribution in [-0.2, 0) is 12.8 Å². The summed E-state index contributed by atoms with van der Waals surface area (Å²) in [6, 6.07) is 4.04. The van der Waals surface area contributed by atoms with Gasteiger partial charge in [-0.1, -0.05) is 25.4 Å². The maximum absolute atomic E-state index is 6.15. The standard InChI is InChI=1S/C14H20ClNO/c1-9(2)12(8-16)5-11-7-13(15)6-10-3-4-17-14(10)11/h6-7,9,12H,3-5,8,16H2,1-2H3. The summed E-state index contributed by atoms with van der Waals surface area (Å²) < 4.78 is 5.71. The molecule has 0 aromatic heterocycles. The number of hydrogen-bond acceptors (Lipinski definition) is 2. The van der Waals surface area contributed by atoms with Gasteiger partial charge < -0.3 is 10.5 Å². The second-order valence-corrected chi connectivity index (χ2v) is 5.53. The molecule has 0 amide bonds. The molecular weight excluding hydrogens is 234 g/mol. The summed E-state index contributed by atoms with van der Waals surface area (Å²) in [5.41, 5.74) is 8.29. The molecule has 1 atom stereocenters. The van der Waals surface area contributed by atoms with Gasteiger partial charge in [-0.3, -0.25) is 0 Å². The van der Waals surface area contributed by atoms with Gasteiger partial charge in [-0.05, 0) is 48.1 Å². The van der Waals surface area contributed by atoms with Gasteiger partial charge in [-0.2, -0.15) is 0 Å². The summed E-state index contributed by atoms with van der Waals surface area (Å²) in [5, 5.41) is 0.809. The quantitative estimate of drug-likeness (QED) is 0.895. The van der Waals surface area contributed by atoms with Crippen molar-refractivity contribution in [3.05, 3.63) is 28.3 Å². The largest absolute Gasteiger partial charge is 0.493 e. The van der Waals surface area contributed by atoms with Gasteiger partial charge in [0.05, 0.1) is 6.61 Å². The van der Waals surface area contributed by atoms with Crippen LogP contribution in [0.15, 0.2) is 12.1 Å². The Morgan fingerprint density at radius 3 is 2.82 bits per heavy atom. The van der Waals surface area contributed by atoms with E-state index < -0.39 is 0 Å². The molecule has 0 fully saturated rings. The van der Waals surface area contributed by atoms with Gasteiger partial charge in [0.15, 0.2) is 0 Å². The van der Waals surface area contributed by atoms with Crippen molar-refractivity contribution in [3.63, 3.8) is 0 Å². The van der Waals surface area contributed by atoms with Crippen molar-refractivity contribution in [1.29, 1.82) is 0 Å². The Kier molecular flexibility index (Phi) is 3.95. The van der Waals surface area contributed by atoms with Crippen LogP contribution in [0.4, 0.5) is 0 Å². The fourth-order valence-corrected chi connectivity index (χ4v) is 2.63. The predicted molar refractivity (Wildman–Crippen MR) is 71.7 cm³/mol. The molecule has 0 bridgehead atoms. The molecule has 1 heterocycles. The summed E-state index contributed by atoms with van der Waals surface area (Å²) in [6.07, 6.45) is 1.93. The van der Waals surface area contributed by atoms with Crippen molar-refractivity contribution in [2.45, 2.75) is 26.7 Å². The molecule has 1 aliphatic heterocycles. The lowest BCUT2D eigenvalue weighted by Crippen LogP contribution is -2.22. The normalized spacial score (nSPS) is 15.8. The highest BCUT2D eigenvalue weighted by Gasteiger charge is 2.21. The molecule has 2 nitrogen and oxygen atoms in total. The number of ether oxygens (including phenoxy) is 1. The van der Waals surface area contributed by atoms with Crippen molar-refractivity contribution >= 4 is 11.6 Å². The van der Waals surface area contributed by atoms with E-state index in [1.165, 1.54) is 11.1 Å². The first kappa shape index (κ1) is 12.7. The Hall–Kier alpha value is -0.730. The molecule has 2 rings (SSSR count). The maximum atomic E-state index is 6.15. The van der Waals surface area contributed by atoms with E-state index in [2.05, 4.69) is 13.8 Å². The zero-order chi connectivity index (χ0) is 12.4. The van der Waals surface area contributed by atoms with E-state index in [1.54, 1.807) is 0 Å². The van der Waals surface area contributed by atoms with E-state index in [0.717, 1.165) is 30.2 Å². The highest BCUT2D eigenvalue weighted by molar-refractivity contribution is 6.30. The van der Waals surface area contributed by atoms with Crippen molar-refractivity contribution in [3.8, 4) is 5.75 Å². The topological polar surface area (TPSA) is 35.2 Å². The van der Waals surface area contributed by atoms with Gasteiger partial charge in [0.25, 0.3) is 0 Å². The van der Waals surface area contributed by atoms with Crippen molar-refractivity contribution < 1.29 is 4.74 Å². The van der Waals surface area contributed by atoms with Crippen LogP contribution in [0.1, 0.15) is 25.0 Å². The van der Waals surface area contributed by atoms with Crippen molar-refractivity contribution in [1.82, 2.24) is 0 Å². The van der Waals surface area contributed by atoms with E-state index in [-0.39, 0.29) is 0 Å². The van der Waals surface area contributed by atoms with Gasteiger partial charge in [0.2, 0.25) is 0 Å². The lowest BCUT2D eigenvalue weighted by Gasteiger charge is -2.20. The van der Waals surface area contributed by atoms with Gasteiger partial charge in [0, 0.05) is 11.4 Å². The monoisotopic (exact) mass is 253 g/mol. The highest BCUT2D eigenvalue weighted by Crippen LogP contribution is 2.34. The third-order valence-corrected chi connectivity index (χ3v) is 3.77. The minimum absolute atomic E-state index is 0.488. The molecule has 0 saturated heterocycles. The maximum Gasteiger partial charge on any atom is 0.125 e. The first-order valence-corrected chi connectivity index (χ1v) is 6.63. The second kappa shape index (κ2) is 5.28. The fourth-order valence-electron chi connectivity index (χ4n) is 2.37. The first-order valence-electron chi connectivity index (χ1n) is 6.26. The van der Waals surface area contributed by atoms with Crippen LogP contribution in [-0.4, -0.2) is 13.2 Å². The zero-order valence-corrected chi connectivity index (χ0v) is 11.3. The van der Waals surface area contributed by atoms with E-state index in [4.69, 9.17) is 22.1 Å². The van der Waals surface area contributed by atoms with E-state index >= 15 is 0 Å². The van der Waals surface area contributed by atoms with Crippen LogP contribution in [0.25, 0.3) is 0 Å². The Balaban J connectivity index is 2.26. The Morgan fingerprint density at radius 1 is 1.41 bits per heavy atom. The third kappa shape index (κ3) is 2.75. The Morgan fingerprint density at radius 2 is 2.18 bits per heavy atom. The van der Waals surface area contributed by atoms with Gasteiger partial charge in [-0.15, -0.1) is 0 Å². The molecule has 0 aliphatic carbocycles. The van der Waals surface area contributed by atoms with E-state index in [0.29, 0.717) is 18.4 Å². The number of benzene rings is 1. The average molecular weight is 254 g/mol. The van der Waals surface area contributed by atoms with Crippen LogP contribution < -0.4 is 10.5 Å². The summed E-state index contributed by atoms with van der Waals surface area (Å²) in [7, 11) is 0. The van der Waals surface area contributed by atoms with Crippen molar-refractivity contribution in [2.75, 3.05) is 13.2 Å². The molecule has 1 aromatic carbocycles. The molecule has 0 saturated carbocycles. The lowest BCUT2D eigenvalue weighted by atomic mass is 9.88. The SMILES string of the molecule is CC(C)C(CN)Cc1cc(Cl)cc2c1OCC2. The molecule has 0 radical (unpaired) electrons. The third-order valence-electron chi connectivity index (χ3n) is 3.55. The molecule has 3 heteroatoms. The van der Waals surface area contributed by atoms with Crippen LogP contribution in [0.5, 0.6) is 5.75 Å². The van der Waals surface area contributed by atoms with E-state index in [9.17, 15) is 0 Å². The average Bonchev–Trinajstić information content (AvgIpc) is 2.72. The Labute approximate surface area is 108 Å². The number of fused-ring (bicyclic) bond motifs is 1. The van der Waals surface area contributed by atoms with Crippen LogP contribution in [0.3, 0.4) is 0 Å². The van der Waals surface area contributed by atoms with Crippen LogP contribution in [0.2, 0.25) is 5.02 Å². The van der Waals surface area contributed by atoms with Crippen LogP contribution in [0, 0.1) is 11.8 Å². The number of halogens is 1. The van der Waals surface area contributed by atoms with Crippen LogP contribution >= 0.6 is 11.6 Å². The molecule has 2 N–H and O–H groups in total. The second-order valence-electron chi connectivity index (χ2n) is 5.10. The van der Waals surface area contributed by atoms with Gasteiger partial charge >= 0.3 is 0 Å². The van der Waals surface area contributed by atoms with Gasteiger partial charge in [0.1, 0.15) is 5.75 Å². The van der Waals surface area contributed by atoms with Gasteiger partial charge in [-0.25, -0.2) is 0 Å². The summed E-state index contributed by atoms with van der Waals surface area (Å²) in [6.45, 7) is 5.91. The van der Waals surface area contributed by atoms with E-state index in [1.807, 2.05) is 12.1 Å². The number of nitrogens with two attached hydrogens (primary N) is 1. The zero-order valence-electron chi connectivity index (χ0n) is 10.5. The molecule has 94 valence electrons. The lowest BCUT2D eigenvalue weighted by molar-refractivity contribution is 0.343. The first-order chi connectivity index (χ1) is 8.11. The summed E-state index contributed by atoms with van der Waals surface area (Å²) in [5.74, 6) is 2.12. The predicted octanol–water partition coefficient (Wildman–Crippen LogP) is 3.05. The summed E-state index contributed by atoms with van der Waals surface area (Å²) >= 11 is 6.15. The highest BCUT2D eigenvalue weighted by atomic mass is 35.5.